The van der Waals surface area contributed by atoms with Crippen LogP contribution < -0.4 is 10.1 Å². The Morgan fingerprint density at radius 3 is 2.52 bits per heavy atom. The van der Waals surface area contributed by atoms with E-state index in [1.54, 1.807) is 22.5 Å². The number of piperidine rings is 1. The topological polar surface area (TPSA) is 142 Å². The number of nitrogens with zero attached hydrogens (tertiary/aromatic N) is 4. The van der Waals surface area contributed by atoms with E-state index in [1.807, 2.05) is 12.1 Å². The number of hydrogen-bond donors (Lipinski definition) is 1. The Hall–Kier alpha value is -3.02. The summed E-state index contributed by atoms with van der Waals surface area (Å²) in [4.78, 5) is 7.37. The summed E-state index contributed by atoms with van der Waals surface area (Å²) in [6.45, 7) is 4.39. The van der Waals surface area contributed by atoms with Crippen molar-refractivity contribution < 1.29 is 26.3 Å². The summed E-state index contributed by atoms with van der Waals surface area (Å²) < 4.78 is 63.1. The predicted molar refractivity (Wildman–Crippen MR) is 160 cm³/mol. The Balaban J connectivity index is 1.33. The number of allylic oxidation sites excluding steroid dienone is 2. The van der Waals surface area contributed by atoms with E-state index in [0.717, 1.165) is 50.4 Å². The molecular weight excluding hydrogens is 578 g/mol. The van der Waals surface area contributed by atoms with Gasteiger partial charge in [-0.1, -0.05) is 12.1 Å². The number of fused-ring (bicyclic) bond motifs is 1. The molecule has 2 aliphatic heterocycles. The standard InChI is InChI=1S/C29H37N5O6S2/c1-39-28-19-25(42(37,38)34-10-7-24(8-11-34)33-12-14-40-15-13-33)5-3-21(28)17-23-18-27(31-9-16-41(2,35)36)29-22(20-30)4-6-26(29)32-23/h3-5,18-19,24H,6-17H2,1-2H3,(H,31,32). The Kier molecular flexibility index (Phi) is 9.20. The quantitative estimate of drug-likeness (QED) is 0.422. The molecule has 42 heavy (non-hydrogen) atoms. The molecule has 0 unspecified atom stereocenters. The number of ether oxygens (including phenoxy) is 2. The molecule has 3 aliphatic rings. The number of nitrogens with one attached hydrogen (secondary N) is 1. The second-order valence-corrected chi connectivity index (χ2v) is 15.1. The zero-order valence-electron chi connectivity index (χ0n) is 24.0. The van der Waals surface area contributed by atoms with Crippen molar-refractivity contribution in [1.29, 1.82) is 5.26 Å². The number of sulfone groups is 1. The second kappa shape index (κ2) is 12.7. The molecule has 1 aliphatic carbocycles. The van der Waals surface area contributed by atoms with E-state index in [4.69, 9.17) is 14.5 Å². The Morgan fingerprint density at radius 2 is 1.86 bits per heavy atom. The number of methoxy groups -OCH3 is 1. The van der Waals surface area contributed by atoms with Crippen LogP contribution in [0.1, 0.15) is 35.4 Å². The van der Waals surface area contributed by atoms with Gasteiger partial charge in [0.1, 0.15) is 15.6 Å². The van der Waals surface area contributed by atoms with Gasteiger partial charge in [0.25, 0.3) is 0 Å². The van der Waals surface area contributed by atoms with Crippen LogP contribution in [0.15, 0.2) is 35.2 Å². The lowest BCUT2D eigenvalue weighted by molar-refractivity contribution is 0.00610. The lowest BCUT2D eigenvalue weighted by Crippen LogP contribution is -2.50. The molecule has 2 saturated heterocycles. The monoisotopic (exact) mass is 615 g/mol. The van der Waals surface area contributed by atoms with Crippen LogP contribution in [-0.4, -0.2) is 102 Å². The van der Waals surface area contributed by atoms with Crippen molar-refractivity contribution in [2.75, 3.05) is 70.4 Å². The molecule has 0 atom stereocenters. The molecule has 0 bridgehead atoms. The summed E-state index contributed by atoms with van der Waals surface area (Å²) in [7, 11) is -5.33. The highest BCUT2D eigenvalue weighted by Crippen LogP contribution is 2.35. The fraction of sp³-hybridized carbons (Fsp3) is 0.517. The van der Waals surface area contributed by atoms with Crippen molar-refractivity contribution in [3.8, 4) is 11.8 Å². The number of pyridine rings is 1. The van der Waals surface area contributed by atoms with Crippen LogP contribution in [0.5, 0.6) is 5.75 Å². The molecule has 226 valence electrons. The Morgan fingerprint density at radius 1 is 1.12 bits per heavy atom. The lowest BCUT2D eigenvalue weighted by atomic mass is 10.0. The third-order valence-electron chi connectivity index (χ3n) is 8.08. The zero-order chi connectivity index (χ0) is 29.9. The zero-order valence-corrected chi connectivity index (χ0v) is 25.6. The predicted octanol–water partition coefficient (Wildman–Crippen LogP) is 2.09. The van der Waals surface area contributed by atoms with Crippen molar-refractivity contribution in [2.24, 2.45) is 0 Å². The van der Waals surface area contributed by atoms with Crippen LogP contribution in [0.25, 0.3) is 5.57 Å². The molecule has 11 nitrogen and oxygen atoms in total. The van der Waals surface area contributed by atoms with Gasteiger partial charge in [0.2, 0.25) is 10.0 Å². The van der Waals surface area contributed by atoms with Crippen molar-refractivity contribution in [2.45, 2.75) is 36.6 Å². The van der Waals surface area contributed by atoms with E-state index in [1.165, 1.54) is 13.4 Å². The van der Waals surface area contributed by atoms with Crippen LogP contribution in [0, 0.1) is 11.3 Å². The first-order chi connectivity index (χ1) is 20.1. The maximum Gasteiger partial charge on any atom is 0.243 e. The highest BCUT2D eigenvalue weighted by atomic mass is 32.2. The van der Waals surface area contributed by atoms with Gasteiger partial charge in [-0.25, -0.2) is 16.8 Å². The van der Waals surface area contributed by atoms with Gasteiger partial charge in [-0.15, -0.1) is 0 Å². The van der Waals surface area contributed by atoms with Crippen LogP contribution in [0.3, 0.4) is 0 Å². The van der Waals surface area contributed by atoms with Crippen molar-refractivity contribution in [3.63, 3.8) is 0 Å². The summed E-state index contributed by atoms with van der Waals surface area (Å²) in [5, 5.41) is 12.8. The SMILES string of the molecule is COc1cc(S(=O)(=O)N2CCC(N3CCOCC3)CC2)ccc1Cc1cc(NCCS(C)(=O)=O)c2c(n1)CC=C2C#N. The summed E-state index contributed by atoms with van der Waals surface area (Å²) in [5.41, 5.74) is 4.06. The number of rotatable bonds is 10. The number of benzene rings is 1. The fourth-order valence-electron chi connectivity index (χ4n) is 5.87. The van der Waals surface area contributed by atoms with Gasteiger partial charge in [-0.2, -0.15) is 9.57 Å². The van der Waals surface area contributed by atoms with Gasteiger partial charge in [-0.3, -0.25) is 9.88 Å². The molecular formula is C29H37N5O6S2. The average molecular weight is 616 g/mol. The minimum Gasteiger partial charge on any atom is -0.496 e. The highest BCUT2D eigenvalue weighted by Gasteiger charge is 2.32. The molecule has 5 rings (SSSR count). The molecule has 13 heteroatoms. The van der Waals surface area contributed by atoms with Gasteiger partial charge in [-0.05, 0) is 25.0 Å². The van der Waals surface area contributed by atoms with Crippen molar-refractivity contribution in [3.05, 3.63) is 52.9 Å². The van der Waals surface area contributed by atoms with Crippen LogP contribution in [0.4, 0.5) is 5.69 Å². The van der Waals surface area contributed by atoms with Gasteiger partial charge >= 0.3 is 0 Å². The van der Waals surface area contributed by atoms with Crippen molar-refractivity contribution >= 4 is 31.1 Å². The molecule has 0 radical (unpaired) electrons. The maximum atomic E-state index is 13.6. The van der Waals surface area contributed by atoms with E-state index in [9.17, 15) is 22.1 Å². The number of aromatic nitrogens is 1. The molecule has 0 spiro atoms. The summed E-state index contributed by atoms with van der Waals surface area (Å²) >= 11 is 0. The number of nitriles is 1. The lowest BCUT2D eigenvalue weighted by Gasteiger charge is -2.39. The third kappa shape index (κ3) is 6.79. The normalized spacial score (nSPS) is 18.7. The molecule has 1 aromatic carbocycles. The van der Waals surface area contributed by atoms with E-state index >= 15 is 0 Å². The molecule has 1 N–H and O–H groups in total. The average Bonchev–Trinajstić information content (AvgIpc) is 3.40. The van der Waals surface area contributed by atoms with E-state index in [-0.39, 0.29) is 17.2 Å². The van der Waals surface area contributed by atoms with Crippen LogP contribution in [0.2, 0.25) is 0 Å². The largest absolute Gasteiger partial charge is 0.496 e. The first kappa shape index (κ1) is 30.4. The van der Waals surface area contributed by atoms with Gasteiger partial charge in [0, 0.05) is 86.4 Å². The minimum atomic E-state index is -3.69. The van der Waals surface area contributed by atoms with Crippen LogP contribution >= 0.6 is 0 Å². The Bertz CT molecular complexity index is 1600. The molecule has 3 heterocycles. The summed E-state index contributed by atoms with van der Waals surface area (Å²) in [6, 6.07) is 9.35. The number of morpholine rings is 1. The molecule has 1 aromatic heterocycles. The smallest absolute Gasteiger partial charge is 0.243 e. The molecule has 2 aromatic rings. The summed E-state index contributed by atoms with van der Waals surface area (Å²) in [6.07, 6.45) is 5.45. The van der Waals surface area contributed by atoms with E-state index < -0.39 is 19.9 Å². The minimum absolute atomic E-state index is 0.0420. The molecule has 0 amide bonds. The van der Waals surface area contributed by atoms with Gasteiger partial charge < -0.3 is 14.8 Å². The van der Waals surface area contributed by atoms with E-state index in [2.05, 4.69) is 16.3 Å². The number of anilines is 1. The van der Waals surface area contributed by atoms with E-state index in [0.29, 0.717) is 60.2 Å². The first-order valence-corrected chi connectivity index (χ1v) is 17.6. The number of hydrogen-bond acceptors (Lipinski definition) is 10. The summed E-state index contributed by atoms with van der Waals surface area (Å²) in [5.74, 6) is 0.406. The first-order valence-electron chi connectivity index (χ1n) is 14.1. The third-order valence-corrected chi connectivity index (χ3v) is 10.9. The molecule has 0 saturated carbocycles. The fourth-order valence-corrected chi connectivity index (χ4v) is 7.83. The second-order valence-electron chi connectivity index (χ2n) is 10.9. The highest BCUT2D eigenvalue weighted by molar-refractivity contribution is 7.90. The number of sulfonamides is 1. The molecule has 2 fully saturated rings. The van der Waals surface area contributed by atoms with Crippen molar-refractivity contribution in [1.82, 2.24) is 14.2 Å². The van der Waals surface area contributed by atoms with Crippen LogP contribution in [-0.2, 0) is 37.4 Å². The van der Waals surface area contributed by atoms with Gasteiger partial charge in [0.05, 0.1) is 48.3 Å². The Labute approximate surface area is 248 Å². The van der Waals surface area contributed by atoms with Gasteiger partial charge in [0.15, 0.2) is 0 Å². The maximum absolute atomic E-state index is 13.6.